The molecule has 0 aliphatic rings. The van der Waals surface area contributed by atoms with Crippen LogP contribution in [0.3, 0.4) is 0 Å². The number of hydrogen-bond acceptors (Lipinski definition) is 4. The summed E-state index contributed by atoms with van der Waals surface area (Å²) in [6, 6.07) is 21.9. The molecular formula is C27H27ClN4O2. The van der Waals surface area contributed by atoms with E-state index in [0.717, 1.165) is 18.7 Å². The first-order valence-electron chi connectivity index (χ1n) is 11.4. The highest BCUT2D eigenvalue weighted by Crippen LogP contribution is 2.27. The number of carbonyl (C=O) groups is 1. The summed E-state index contributed by atoms with van der Waals surface area (Å²) in [4.78, 5) is 32.4. The van der Waals surface area contributed by atoms with E-state index >= 15 is 0 Å². The van der Waals surface area contributed by atoms with Crippen molar-refractivity contribution in [3.8, 4) is 5.69 Å². The van der Waals surface area contributed by atoms with Crippen molar-refractivity contribution >= 4 is 28.4 Å². The lowest BCUT2D eigenvalue weighted by Gasteiger charge is -2.31. The molecule has 0 saturated heterocycles. The Morgan fingerprint density at radius 3 is 2.38 bits per heavy atom. The van der Waals surface area contributed by atoms with Crippen molar-refractivity contribution in [2.24, 2.45) is 0 Å². The van der Waals surface area contributed by atoms with Crippen LogP contribution < -0.4 is 10.9 Å². The first-order chi connectivity index (χ1) is 16.5. The van der Waals surface area contributed by atoms with Crippen LogP contribution in [-0.2, 0) is 0 Å². The molecule has 0 aliphatic carbocycles. The number of benzene rings is 3. The number of carbonyl (C=O) groups excluding carboxylic acids is 1. The third kappa shape index (κ3) is 4.88. The van der Waals surface area contributed by atoms with Gasteiger partial charge in [-0.3, -0.25) is 19.1 Å². The molecule has 0 radical (unpaired) electrons. The Labute approximate surface area is 203 Å². The number of nitrogens with one attached hydrogen (secondary N) is 1. The van der Waals surface area contributed by atoms with E-state index in [-0.39, 0.29) is 17.5 Å². The van der Waals surface area contributed by atoms with Gasteiger partial charge in [0.2, 0.25) is 0 Å². The molecule has 0 fully saturated rings. The Bertz CT molecular complexity index is 1350. The zero-order valence-corrected chi connectivity index (χ0v) is 20.0. The quantitative estimate of drug-likeness (QED) is 0.396. The molecule has 34 heavy (non-hydrogen) atoms. The van der Waals surface area contributed by atoms with E-state index in [4.69, 9.17) is 11.6 Å². The predicted molar refractivity (Wildman–Crippen MR) is 137 cm³/mol. The lowest BCUT2D eigenvalue weighted by Crippen LogP contribution is -2.38. The Morgan fingerprint density at radius 1 is 1.00 bits per heavy atom. The van der Waals surface area contributed by atoms with E-state index in [0.29, 0.717) is 33.7 Å². The largest absolute Gasteiger partial charge is 0.350 e. The number of amides is 1. The van der Waals surface area contributed by atoms with E-state index in [1.807, 2.05) is 42.5 Å². The molecule has 6 nitrogen and oxygen atoms in total. The highest BCUT2D eigenvalue weighted by molar-refractivity contribution is 6.31. The van der Waals surface area contributed by atoms with Gasteiger partial charge in [0.25, 0.3) is 11.5 Å². The number of fused-ring (bicyclic) bond motifs is 1. The highest BCUT2D eigenvalue weighted by Gasteiger charge is 2.21. The molecule has 1 N–H and O–H groups in total. The van der Waals surface area contributed by atoms with Crippen LogP contribution in [0.1, 0.15) is 35.8 Å². The fraction of sp³-hybridized carbons (Fsp3) is 0.222. The first-order valence-corrected chi connectivity index (χ1v) is 11.7. The fourth-order valence-corrected chi connectivity index (χ4v) is 4.43. The summed E-state index contributed by atoms with van der Waals surface area (Å²) in [6.07, 6.45) is 1.51. The third-order valence-electron chi connectivity index (χ3n) is 6.05. The van der Waals surface area contributed by atoms with Gasteiger partial charge in [-0.2, -0.15) is 0 Å². The third-order valence-corrected chi connectivity index (χ3v) is 6.39. The van der Waals surface area contributed by atoms with Crippen LogP contribution in [-0.4, -0.2) is 40.0 Å². The first kappa shape index (κ1) is 23.7. The summed E-state index contributed by atoms with van der Waals surface area (Å²) >= 11 is 6.46. The maximum Gasteiger partial charge on any atom is 0.265 e. The standard InChI is InChI=1S/C27H27ClN4O2/c1-3-31(4-2)25(21-9-5-7-11-23(21)28)17-29-26(33)19-13-15-20(16-14-19)32-18-30-24-12-8-6-10-22(24)27(32)34/h5-16,18,25H,3-4,17H2,1-2H3,(H,29,33). The molecule has 0 aliphatic heterocycles. The van der Waals surface area contributed by atoms with Crippen LogP contribution in [0.5, 0.6) is 0 Å². The molecule has 1 aromatic heterocycles. The molecular weight excluding hydrogens is 448 g/mol. The smallest absolute Gasteiger partial charge is 0.265 e. The molecule has 1 heterocycles. The van der Waals surface area contributed by atoms with E-state index in [1.165, 1.54) is 10.9 Å². The van der Waals surface area contributed by atoms with Gasteiger partial charge in [0.1, 0.15) is 6.33 Å². The second-order valence-corrected chi connectivity index (χ2v) is 8.36. The van der Waals surface area contributed by atoms with Crippen molar-refractivity contribution in [2.45, 2.75) is 19.9 Å². The van der Waals surface area contributed by atoms with Gasteiger partial charge in [-0.05, 0) is 61.1 Å². The number of para-hydroxylation sites is 1. The van der Waals surface area contributed by atoms with Gasteiger partial charge >= 0.3 is 0 Å². The van der Waals surface area contributed by atoms with Crippen molar-refractivity contribution < 1.29 is 4.79 Å². The van der Waals surface area contributed by atoms with Crippen molar-refractivity contribution in [3.63, 3.8) is 0 Å². The SMILES string of the molecule is CCN(CC)C(CNC(=O)c1ccc(-n2cnc3ccccc3c2=O)cc1)c1ccccc1Cl. The van der Waals surface area contributed by atoms with Crippen LogP contribution in [0, 0.1) is 0 Å². The maximum absolute atomic E-state index is 12.9. The molecule has 3 aromatic carbocycles. The molecule has 1 amide bonds. The number of likely N-dealkylation sites (N-methyl/N-ethyl adjacent to an activating group) is 1. The zero-order chi connectivity index (χ0) is 24.1. The van der Waals surface area contributed by atoms with Crippen molar-refractivity contribution in [3.05, 3.63) is 106 Å². The molecule has 1 unspecified atom stereocenters. The van der Waals surface area contributed by atoms with E-state index in [1.54, 1.807) is 30.3 Å². The molecule has 4 aromatic rings. The number of halogens is 1. The lowest BCUT2D eigenvalue weighted by molar-refractivity contribution is 0.0935. The topological polar surface area (TPSA) is 67.2 Å². The molecule has 7 heteroatoms. The minimum atomic E-state index is -0.181. The average molecular weight is 475 g/mol. The average Bonchev–Trinajstić information content (AvgIpc) is 2.87. The molecule has 0 saturated carbocycles. The summed E-state index contributed by atoms with van der Waals surface area (Å²) in [5.74, 6) is -0.181. The van der Waals surface area contributed by atoms with Gasteiger partial charge in [-0.15, -0.1) is 0 Å². The molecule has 174 valence electrons. The summed E-state index contributed by atoms with van der Waals surface area (Å²) in [7, 11) is 0. The van der Waals surface area contributed by atoms with E-state index in [9.17, 15) is 9.59 Å². The van der Waals surface area contributed by atoms with Gasteiger partial charge in [-0.1, -0.05) is 55.8 Å². The fourth-order valence-electron chi connectivity index (χ4n) is 4.16. The maximum atomic E-state index is 12.9. The number of hydrogen-bond donors (Lipinski definition) is 1. The predicted octanol–water partition coefficient (Wildman–Crippen LogP) is 4.85. The Kier molecular flexibility index (Phi) is 7.40. The number of nitrogens with zero attached hydrogens (tertiary/aromatic N) is 3. The zero-order valence-electron chi connectivity index (χ0n) is 19.2. The molecule has 1 atom stereocenters. The van der Waals surface area contributed by atoms with Gasteiger partial charge in [0.05, 0.1) is 22.6 Å². The molecule has 0 bridgehead atoms. The van der Waals surface area contributed by atoms with Gasteiger partial charge < -0.3 is 5.32 Å². The summed E-state index contributed by atoms with van der Waals surface area (Å²) in [5, 5.41) is 4.29. The van der Waals surface area contributed by atoms with Crippen molar-refractivity contribution in [1.29, 1.82) is 0 Å². The number of rotatable bonds is 8. The summed E-state index contributed by atoms with van der Waals surface area (Å²) in [5.41, 5.74) is 2.66. The summed E-state index contributed by atoms with van der Waals surface area (Å²) < 4.78 is 1.48. The Hall–Kier alpha value is -3.48. The molecule has 0 spiro atoms. The Morgan fingerprint density at radius 2 is 1.68 bits per heavy atom. The van der Waals surface area contributed by atoms with Crippen molar-refractivity contribution in [2.75, 3.05) is 19.6 Å². The normalized spacial score (nSPS) is 12.1. The van der Waals surface area contributed by atoms with Crippen LogP contribution >= 0.6 is 11.6 Å². The van der Waals surface area contributed by atoms with E-state index < -0.39 is 0 Å². The van der Waals surface area contributed by atoms with Crippen LogP contribution in [0.15, 0.2) is 83.9 Å². The van der Waals surface area contributed by atoms with Crippen molar-refractivity contribution in [1.82, 2.24) is 19.8 Å². The minimum absolute atomic E-state index is 0.0332. The van der Waals surface area contributed by atoms with Crippen LogP contribution in [0.25, 0.3) is 16.6 Å². The van der Waals surface area contributed by atoms with Gasteiger partial charge in [0.15, 0.2) is 0 Å². The number of aromatic nitrogens is 2. The Balaban J connectivity index is 1.52. The monoisotopic (exact) mass is 474 g/mol. The van der Waals surface area contributed by atoms with Gasteiger partial charge in [-0.25, -0.2) is 4.98 Å². The highest BCUT2D eigenvalue weighted by atomic mass is 35.5. The molecule has 4 rings (SSSR count). The van der Waals surface area contributed by atoms with Crippen LogP contribution in [0.2, 0.25) is 5.02 Å². The van der Waals surface area contributed by atoms with Gasteiger partial charge in [0, 0.05) is 17.1 Å². The second kappa shape index (κ2) is 10.6. The lowest BCUT2D eigenvalue weighted by atomic mass is 10.0. The van der Waals surface area contributed by atoms with Crippen LogP contribution in [0.4, 0.5) is 0 Å². The summed E-state index contributed by atoms with van der Waals surface area (Å²) in [6.45, 7) is 6.30. The second-order valence-electron chi connectivity index (χ2n) is 7.95. The minimum Gasteiger partial charge on any atom is -0.350 e. The van der Waals surface area contributed by atoms with E-state index in [2.05, 4.69) is 29.0 Å².